The molecule has 36 heavy (non-hydrogen) atoms. The average Bonchev–Trinajstić information content (AvgIpc) is 3.17. The molecule has 3 aromatic rings. The van der Waals surface area contributed by atoms with Gasteiger partial charge in [-0.3, -0.25) is 19.5 Å². The zero-order valence-electron chi connectivity index (χ0n) is 22.0. The van der Waals surface area contributed by atoms with Crippen molar-refractivity contribution in [3.63, 3.8) is 0 Å². The Balaban J connectivity index is 1.63. The number of anilines is 2. The number of fused-ring (bicyclic) bond motifs is 1. The van der Waals surface area contributed by atoms with Gasteiger partial charge in [-0.05, 0) is 70.4 Å². The highest BCUT2D eigenvalue weighted by Gasteiger charge is 2.45. The quantitative estimate of drug-likeness (QED) is 0.413. The van der Waals surface area contributed by atoms with E-state index >= 15 is 0 Å². The summed E-state index contributed by atoms with van der Waals surface area (Å²) in [4.78, 5) is 42.4. The highest BCUT2D eigenvalue weighted by Crippen LogP contribution is 2.39. The number of amides is 2. The molecule has 0 radical (unpaired) electrons. The molecule has 190 valence electrons. The first-order valence-electron chi connectivity index (χ1n) is 12.4. The standard InChI is InChI=1S/C28H35N5O2S/c1-7-33-23-11-10-22(15-24(23)31(6)26(34)28(4,5)27(33)35)17-32(14-12-21-9-8-13-29-16-21)18-25-30-19(2)20(3)36-25/h8-11,13,15-16H,7,12,14,17-18H2,1-6H3. The van der Waals surface area contributed by atoms with Crippen molar-refractivity contribution in [2.75, 3.05) is 29.9 Å². The van der Waals surface area contributed by atoms with Crippen molar-refractivity contribution in [1.82, 2.24) is 14.9 Å². The predicted molar refractivity (Wildman–Crippen MR) is 145 cm³/mol. The van der Waals surface area contributed by atoms with E-state index in [1.165, 1.54) is 10.4 Å². The molecule has 0 unspecified atom stereocenters. The number of nitrogens with zero attached hydrogens (tertiary/aromatic N) is 5. The Morgan fingerprint density at radius 3 is 2.44 bits per heavy atom. The second-order valence-corrected chi connectivity index (χ2v) is 11.2. The number of thiazole rings is 1. The van der Waals surface area contributed by atoms with Crippen LogP contribution in [-0.4, -0.2) is 46.8 Å². The zero-order chi connectivity index (χ0) is 26.0. The van der Waals surface area contributed by atoms with Gasteiger partial charge >= 0.3 is 0 Å². The molecule has 1 aliphatic heterocycles. The molecule has 0 fully saturated rings. The Morgan fingerprint density at radius 2 is 1.81 bits per heavy atom. The van der Waals surface area contributed by atoms with Crippen molar-refractivity contribution < 1.29 is 9.59 Å². The van der Waals surface area contributed by atoms with Gasteiger partial charge in [0.05, 0.1) is 23.6 Å². The SMILES string of the molecule is CCN1C(=O)C(C)(C)C(=O)N(C)c2cc(CN(CCc3cccnc3)Cc3nc(C)c(C)s3)ccc21. The monoisotopic (exact) mass is 505 g/mol. The molecule has 3 heterocycles. The van der Waals surface area contributed by atoms with Gasteiger partial charge in [-0.25, -0.2) is 4.98 Å². The third kappa shape index (κ3) is 5.20. The van der Waals surface area contributed by atoms with E-state index < -0.39 is 5.41 Å². The molecular weight excluding hydrogens is 470 g/mol. The van der Waals surface area contributed by atoms with Crippen molar-refractivity contribution in [3.8, 4) is 0 Å². The number of carbonyl (C=O) groups excluding carboxylic acids is 2. The molecule has 0 saturated heterocycles. The number of pyridine rings is 1. The minimum absolute atomic E-state index is 0.166. The van der Waals surface area contributed by atoms with E-state index in [-0.39, 0.29) is 11.8 Å². The van der Waals surface area contributed by atoms with Crippen molar-refractivity contribution >= 4 is 34.5 Å². The fraction of sp³-hybridized carbons (Fsp3) is 0.429. The molecule has 2 aromatic heterocycles. The number of hydrogen-bond donors (Lipinski definition) is 0. The van der Waals surface area contributed by atoms with Gasteiger partial charge < -0.3 is 9.80 Å². The van der Waals surface area contributed by atoms with Crippen LogP contribution in [0.5, 0.6) is 0 Å². The Hall–Kier alpha value is -3.10. The lowest BCUT2D eigenvalue weighted by Crippen LogP contribution is -2.47. The third-order valence-electron chi connectivity index (χ3n) is 6.90. The number of aromatic nitrogens is 2. The molecular formula is C28H35N5O2S. The zero-order valence-corrected chi connectivity index (χ0v) is 22.9. The molecule has 0 bridgehead atoms. The Morgan fingerprint density at radius 1 is 1.03 bits per heavy atom. The maximum absolute atomic E-state index is 13.2. The molecule has 0 saturated carbocycles. The number of carbonyl (C=O) groups is 2. The summed E-state index contributed by atoms with van der Waals surface area (Å²) in [6.45, 7) is 12.3. The van der Waals surface area contributed by atoms with Crippen molar-refractivity contribution in [1.29, 1.82) is 0 Å². The van der Waals surface area contributed by atoms with Crippen LogP contribution in [0.1, 0.15) is 47.5 Å². The molecule has 0 aliphatic carbocycles. The van der Waals surface area contributed by atoms with E-state index in [0.717, 1.165) is 47.2 Å². The second-order valence-electron chi connectivity index (χ2n) is 9.93. The lowest BCUT2D eigenvalue weighted by molar-refractivity contribution is -0.137. The molecule has 1 aliphatic rings. The van der Waals surface area contributed by atoms with E-state index in [4.69, 9.17) is 4.98 Å². The van der Waals surface area contributed by atoms with Crippen LogP contribution < -0.4 is 9.80 Å². The van der Waals surface area contributed by atoms with Crippen LogP contribution in [0.2, 0.25) is 0 Å². The van der Waals surface area contributed by atoms with Gasteiger partial charge in [0.15, 0.2) is 0 Å². The normalized spacial score (nSPS) is 15.4. The Labute approximate surface area is 217 Å². The summed E-state index contributed by atoms with van der Waals surface area (Å²) < 4.78 is 0. The fourth-order valence-electron chi connectivity index (χ4n) is 4.65. The summed E-state index contributed by atoms with van der Waals surface area (Å²) in [5, 5.41) is 1.10. The van der Waals surface area contributed by atoms with E-state index in [0.29, 0.717) is 13.1 Å². The van der Waals surface area contributed by atoms with Crippen LogP contribution in [0.3, 0.4) is 0 Å². The van der Waals surface area contributed by atoms with Gasteiger partial charge in [-0.15, -0.1) is 11.3 Å². The number of aryl methyl sites for hydroxylation is 2. The maximum atomic E-state index is 13.2. The lowest BCUT2D eigenvalue weighted by Gasteiger charge is -2.27. The molecule has 2 amide bonds. The van der Waals surface area contributed by atoms with Gasteiger partial charge in [-0.2, -0.15) is 0 Å². The minimum Gasteiger partial charge on any atom is -0.313 e. The van der Waals surface area contributed by atoms with Crippen molar-refractivity contribution in [2.24, 2.45) is 5.41 Å². The van der Waals surface area contributed by atoms with Crippen LogP contribution in [0.4, 0.5) is 11.4 Å². The Bertz CT molecular complexity index is 1230. The van der Waals surface area contributed by atoms with Gasteiger partial charge in [-0.1, -0.05) is 12.1 Å². The molecule has 7 nitrogen and oxygen atoms in total. The van der Waals surface area contributed by atoms with Crippen LogP contribution in [0.25, 0.3) is 0 Å². The summed E-state index contributed by atoms with van der Waals surface area (Å²) in [6, 6.07) is 10.2. The third-order valence-corrected chi connectivity index (χ3v) is 7.96. The summed E-state index contributed by atoms with van der Waals surface area (Å²) in [7, 11) is 1.76. The first-order valence-corrected chi connectivity index (χ1v) is 13.2. The maximum Gasteiger partial charge on any atom is 0.242 e. The van der Waals surface area contributed by atoms with Gasteiger partial charge in [0, 0.05) is 44.0 Å². The first-order chi connectivity index (χ1) is 17.1. The van der Waals surface area contributed by atoms with Crippen molar-refractivity contribution in [2.45, 2.75) is 54.1 Å². The molecule has 0 N–H and O–H groups in total. The van der Waals surface area contributed by atoms with Crippen LogP contribution in [0.15, 0.2) is 42.7 Å². The van der Waals surface area contributed by atoms with Crippen LogP contribution in [-0.2, 0) is 29.1 Å². The van der Waals surface area contributed by atoms with Crippen LogP contribution >= 0.6 is 11.3 Å². The summed E-state index contributed by atoms with van der Waals surface area (Å²) in [6.07, 6.45) is 4.59. The smallest absolute Gasteiger partial charge is 0.242 e. The van der Waals surface area contributed by atoms with Crippen LogP contribution in [0, 0.1) is 19.3 Å². The highest BCUT2D eigenvalue weighted by atomic mass is 32.1. The van der Waals surface area contributed by atoms with Gasteiger partial charge in [0.2, 0.25) is 11.8 Å². The number of benzene rings is 1. The summed E-state index contributed by atoms with van der Waals surface area (Å²) in [5.74, 6) is -0.357. The molecule has 0 atom stereocenters. The lowest BCUT2D eigenvalue weighted by atomic mass is 9.90. The molecule has 1 aromatic carbocycles. The summed E-state index contributed by atoms with van der Waals surface area (Å²) in [5.41, 5.74) is 3.81. The van der Waals surface area contributed by atoms with Crippen molar-refractivity contribution in [3.05, 3.63) is 69.4 Å². The Kier molecular flexibility index (Phi) is 7.57. The largest absolute Gasteiger partial charge is 0.313 e. The van der Waals surface area contributed by atoms with E-state index in [9.17, 15) is 9.59 Å². The second kappa shape index (κ2) is 10.5. The topological polar surface area (TPSA) is 69.6 Å². The van der Waals surface area contributed by atoms with E-state index in [1.54, 1.807) is 48.2 Å². The van der Waals surface area contributed by atoms with Gasteiger partial charge in [0.1, 0.15) is 10.4 Å². The van der Waals surface area contributed by atoms with E-state index in [1.807, 2.05) is 25.3 Å². The average molecular weight is 506 g/mol. The highest BCUT2D eigenvalue weighted by molar-refractivity contribution is 7.11. The van der Waals surface area contributed by atoms with Gasteiger partial charge in [0.25, 0.3) is 0 Å². The van der Waals surface area contributed by atoms with E-state index in [2.05, 4.69) is 41.9 Å². The minimum atomic E-state index is -1.11. The predicted octanol–water partition coefficient (Wildman–Crippen LogP) is 4.76. The molecule has 4 rings (SSSR count). The number of rotatable bonds is 8. The molecule has 8 heteroatoms. The summed E-state index contributed by atoms with van der Waals surface area (Å²) >= 11 is 1.74. The fourth-order valence-corrected chi connectivity index (χ4v) is 5.63. The first kappa shape index (κ1) is 26.0. The molecule has 0 spiro atoms. The number of hydrogen-bond acceptors (Lipinski definition) is 6.